The number of ether oxygens (including phenoxy) is 5. The van der Waals surface area contributed by atoms with Crippen molar-refractivity contribution in [3.8, 4) is 34.2 Å². The Hall–Kier alpha value is -4.54. The monoisotopic (exact) mass is 484 g/mol. The molecule has 3 aromatic rings. The van der Waals surface area contributed by atoms with Gasteiger partial charge in [-0.3, -0.25) is 0 Å². The summed E-state index contributed by atoms with van der Waals surface area (Å²) in [6, 6.07) is 11.7. The lowest BCUT2D eigenvalue weighted by Crippen LogP contribution is -2.23. The number of carbonyl (C=O) groups excluding carboxylic acids is 2. The van der Waals surface area contributed by atoms with Crippen molar-refractivity contribution in [2.24, 2.45) is 0 Å². The summed E-state index contributed by atoms with van der Waals surface area (Å²) in [4.78, 5) is 36.9. The molecule has 3 rings (SSSR count). The van der Waals surface area contributed by atoms with Crippen LogP contribution in [0.2, 0.25) is 0 Å². The molecule has 0 saturated carbocycles. The average Bonchev–Trinajstić information content (AvgIpc) is 3.28. The lowest BCUT2D eigenvalue weighted by atomic mass is 10.0. The van der Waals surface area contributed by atoms with Crippen LogP contribution in [-0.4, -0.2) is 67.3 Å². The van der Waals surface area contributed by atoms with Crippen molar-refractivity contribution >= 4 is 17.9 Å². The van der Waals surface area contributed by atoms with Gasteiger partial charge in [-0.1, -0.05) is 18.2 Å². The summed E-state index contributed by atoms with van der Waals surface area (Å²) in [5, 5.41) is 13.8. The highest BCUT2D eigenvalue weighted by Gasteiger charge is 2.32. The molecule has 0 aliphatic rings. The molecule has 0 fully saturated rings. The van der Waals surface area contributed by atoms with Crippen LogP contribution in [-0.2, 0) is 14.3 Å². The molecule has 11 heteroatoms. The molecule has 35 heavy (non-hydrogen) atoms. The second-order valence-electron chi connectivity index (χ2n) is 7.11. The van der Waals surface area contributed by atoms with Crippen LogP contribution < -0.4 is 14.2 Å². The number of methoxy groups -OCH3 is 4. The molecule has 0 saturated heterocycles. The first-order valence-electron chi connectivity index (χ1n) is 10.3. The summed E-state index contributed by atoms with van der Waals surface area (Å²) in [6.45, 7) is 1.36. The minimum atomic E-state index is -1.20. The van der Waals surface area contributed by atoms with E-state index in [1.165, 1.54) is 52.2 Å². The molecule has 184 valence electrons. The zero-order valence-corrected chi connectivity index (χ0v) is 19.7. The van der Waals surface area contributed by atoms with Gasteiger partial charge in [-0.05, 0) is 31.2 Å². The SMILES string of the molecule is COC(=O)c1c(-c2cc(OC)c(OC(C)C(=O)O)c(OC)c2)nn(-c2ccccc2)c1C(=O)OC. The van der Waals surface area contributed by atoms with E-state index in [-0.39, 0.29) is 34.2 Å². The molecule has 0 amide bonds. The van der Waals surface area contributed by atoms with Crippen molar-refractivity contribution in [2.45, 2.75) is 13.0 Å². The third kappa shape index (κ3) is 4.88. The van der Waals surface area contributed by atoms with Gasteiger partial charge in [-0.15, -0.1) is 0 Å². The summed E-state index contributed by atoms with van der Waals surface area (Å²) in [5.41, 5.74) is 0.612. The molecule has 1 N–H and O–H groups in total. The molecular formula is C24H24N2O9. The molecule has 0 spiro atoms. The number of carboxylic acids is 1. The molecule has 0 aliphatic heterocycles. The van der Waals surface area contributed by atoms with Crippen molar-refractivity contribution in [3.63, 3.8) is 0 Å². The fourth-order valence-electron chi connectivity index (χ4n) is 3.32. The molecular weight excluding hydrogens is 460 g/mol. The summed E-state index contributed by atoms with van der Waals surface area (Å²) in [7, 11) is 5.09. The second kappa shape index (κ2) is 10.6. The van der Waals surface area contributed by atoms with Gasteiger partial charge in [-0.2, -0.15) is 5.10 Å². The normalized spacial score (nSPS) is 11.3. The Morgan fingerprint density at radius 1 is 0.914 bits per heavy atom. The largest absolute Gasteiger partial charge is 0.493 e. The number of aliphatic carboxylic acids is 1. The standard InChI is InChI=1S/C24H24N2O9/c1-13(22(27)28)35-21-16(31-2)11-14(12-17(21)32-3)19-18(23(29)33-4)20(24(30)34-5)26(25-19)15-9-7-6-8-10-15/h6-13H,1-5H3,(H,27,28). The zero-order valence-electron chi connectivity index (χ0n) is 19.7. The maximum absolute atomic E-state index is 12.9. The molecule has 1 unspecified atom stereocenters. The number of hydrogen-bond acceptors (Lipinski definition) is 9. The molecule has 1 heterocycles. The van der Waals surface area contributed by atoms with Gasteiger partial charge in [0.2, 0.25) is 5.75 Å². The Morgan fingerprint density at radius 3 is 1.97 bits per heavy atom. The maximum Gasteiger partial charge on any atom is 0.357 e. The summed E-state index contributed by atoms with van der Waals surface area (Å²) in [5.74, 6) is -2.52. The number of carboxylic acid groups (broad SMARTS) is 1. The Labute approximate surface area is 200 Å². The smallest absolute Gasteiger partial charge is 0.357 e. The Balaban J connectivity index is 2.33. The van der Waals surface area contributed by atoms with E-state index < -0.39 is 24.0 Å². The minimum Gasteiger partial charge on any atom is -0.493 e. The van der Waals surface area contributed by atoms with Crippen molar-refractivity contribution in [1.82, 2.24) is 9.78 Å². The lowest BCUT2D eigenvalue weighted by molar-refractivity contribution is -0.144. The van der Waals surface area contributed by atoms with Crippen molar-refractivity contribution in [1.29, 1.82) is 0 Å². The zero-order chi connectivity index (χ0) is 25.7. The van der Waals surface area contributed by atoms with E-state index in [0.717, 1.165) is 0 Å². The van der Waals surface area contributed by atoms with E-state index in [0.29, 0.717) is 11.3 Å². The van der Waals surface area contributed by atoms with E-state index in [1.54, 1.807) is 30.3 Å². The van der Waals surface area contributed by atoms with Gasteiger partial charge >= 0.3 is 17.9 Å². The molecule has 1 aromatic heterocycles. The molecule has 0 radical (unpaired) electrons. The minimum absolute atomic E-state index is 0.0453. The first-order chi connectivity index (χ1) is 16.8. The van der Waals surface area contributed by atoms with E-state index in [2.05, 4.69) is 5.10 Å². The van der Waals surface area contributed by atoms with Crippen LogP contribution in [0.25, 0.3) is 16.9 Å². The van der Waals surface area contributed by atoms with E-state index >= 15 is 0 Å². The van der Waals surface area contributed by atoms with E-state index in [1.807, 2.05) is 0 Å². The highest BCUT2D eigenvalue weighted by molar-refractivity contribution is 6.07. The molecule has 1 atom stereocenters. The fraction of sp³-hybridized carbons (Fsp3) is 0.250. The van der Waals surface area contributed by atoms with Crippen LogP contribution in [0.3, 0.4) is 0 Å². The summed E-state index contributed by atoms with van der Waals surface area (Å²) < 4.78 is 27.5. The lowest BCUT2D eigenvalue weighted by Gasteiger charge is -2.18. The van der Waals surface area contributed by atoms with Gasteiger partial charge in [0.25, 0.3) is 0 Å². The van der Waals surface area contributed by atoms with Gasteiger partial charge in [-0.25, -0.2) is 19.1 Å². The van der Waals surface area contributed by atoms with E-state index in [9.17, 15) is 19.5 Å². The predicted molar refractivity (Wildman–Crippen MR) is 123 cm³/mol. The van der Waals surface area contributed by atoms with Gasteiger partial charge in [0.1, 0.15) is 11.3 Å². The number of carbonyl (C=O) groups is 3. The molecule has 0 aliphatic carbocycles. The van der Waals surface area contributed by atoms with E-state index in [4.69, 9.17) is 23.7 Å². The number of rotatable bonds is 9. The Bertz CT molecular complexity index is 1230. The second-order valence-corrected chi connectivity index (χ2v) is 7.11. The summed E-state index contributed by atoms with van der Waals surface area (Å²) >= 11 is 0. The topological polar surface area (TPSA) is 135 Å². The average molecular weight is 484 g/mol. The van der Waals surface area contributed by atoms with Crippen LogP contribution in [0.5, 0.6) is 17.2 Å². The maximum atomic E-state index is 12.9. The Kier molecular flexibility index (Phi) is 7.59. The Morgan fingerprint density at radius 2 is 1.49 bits per heavy atom. The van der Waals surface area contributed by atoms with Crippen LogP contribution >= 0.6 is 0 Å². The molecule has 11 nitrogen and oxygen atoms in total. The highest BCUT2D eigenvalue weighted by atomic mass is 16.6. The third-order valence-corrected chi connectivity index (χ3v) is 5.03. The molecule has 2 aromatic carbocycles. The number of aromatic nitrogens is 2. The third-order valence-electron chi connectivity index (χ3n) is 5.03. The quantitative estimate of drug-likeness (QED) is 0.452. The number of benzene rings is 2. The van der Waals surface area contributed by atoms with Crippen molar-refractivity contribution in [3.05, 3.63) is 53.7 Å². The van der Waals surface area contributed by atoms with Crippen LogP contribution in [0.1, 0.15) is 27.8 Å². The van der Waals surface area contributed by atoms with Crippen LogP contribution in [0.4, 0.5) is 0 Å². The predicted octanol–water partition coefficient (Wildman–Crippen LogP) is 2.98. The number of para-hydroxylation sites is 1. The molecule has 0 bridgehead atoms. The highest BCUT2D eigenvalue weighted by Crippen LogP contribution is 2.43. The van der Waals surface area contributed by atoms with Gasteiger partial charge in [0.05, 0.1) is 34.1 Å². The fourth-order valence-corrected chi connectivity index (χ4v) is 3.32. The number of nitrogens with zero attached hydrogens (tertiary/aromatic N) is 2. The summed E-state index contributed by atoms with van der Waals surface area (Å²) in [6.07, 6.45) is -1.20. The first kappa shape index (κ1) is 25.1. The van der Waals surface area contributed by atoms with Crippen LogP contribution in [0, 0.1) is 0 Å². The van der Waals surface area contributed by atoms with Crippen LogP contribution in [0.15, 0.2) is 42.5 Å². The number of esters is 2. The van der Waals surface area contributed by atoms with Gasteiger partial charge < -0.3 is 28.8 Å². The van der Waals surface area contributed by atoms with Crippen molar-refractivity contribution < 1.29 is 43.2 Å². The van der Waals surface area contributed by atoms with Gasteiger partial charge in [0.15, 0.2) is 23.3 Å². The first-order valence-corrected chi connectivity index (χ1v) is 10.3. The van der Waals surface area contributed by atoms with Crippen molar-refractivity contribution in [2.75, 3.05) is 28.4 Å². The number of hydrogen-bond donors (Lipinski definition) is 1. The van der Waals surface area contributed by atoms with Gasteiger partial charge in [0, 0.05) is 5.56 Å².